The number of rotatable bonds is 16. The van der Waals surface area contributed by atoms with Crippen LogP contribution in [-0.4, -0.2) is 62.3 Å². The molecule has 39 heavy (non-hydrogen) atoms. The van der Waals surface area contributed by atoms with Crippen molar-refractivity contribution in [1.29, 1.82) is 0 Å². The molecule has 0 aromatic carbocycles. The van der Waals surface area contributed by atoms with Gasteiger partial charge in [-0.05, 0) is 84.0 Å². The molecule has 2 unspecified atom stereocenters. The zero-order valence-corrected chi connectivity index (χ0v) is 24.7. The number of hydrogen-bond acceptors (Lipinski definition) is 7. The minimum Gasteiger partial charge on any atom is -0.469 e. The van der Waals surface area contributed by atoms with Crippen LogP contribution < -0.4 is 0 Å². The summed E-state index contributed by atoms with van der Waals surface area (Å²) in [4.78, 5) is 11.4. The highest BCUT2D eigenvalue weighted by molar-refractivity contribution is 5.68. The first-order chi connectivity index (χ1) is 19.0. The highest BCUT2D eigenvalue weighted by Gasteiger charge is 2.42. The van der Waals surface area contributed by atoms with E-state index >= 15 is 0 Å². The number of allylic oxidation sites excluding steroid dienone is 2. The van der Waals surface area contributed by atoms with Crippen molar-refractivity contribution in [3.8, 4) is 0 Å². The molecule has 3 fully saturated rings. The summed E-state index contributed by atoms with van der Waals surface area (Å²) in [6.45, 7) is 5.77. The van der Waals surface area contributed by atoms with Crippen molar-refractivity contribution in [2.75, 3.05) is 20.3 Å². The van der Waals surface area contributed by atoms with Crippen LogP contribution in [0.1, 0.15) is 110 Å². The number of unbranched alkanes of at least 4 members (excludes halogenated alkanes) is 3. The van der Waals surface area contributed by atoms with Crippen LogP contribution in [0.3, 0.4) is 0 Å². The zero-order valence-electron chi connectivity index (χ0n) is 24.7. The van der Waals surface area contributed by atoms with Crippen molar-refractivity contribution >= 4 is 5.97 Å². The molecule has 3 rings (SSSR count). The molecule has 224 valence electrons. The van der Waals surface area contributed by atoms with Crippen LogP contribution in [0.15, 0.2) is 23.8 Å². The number of aliphatic hydroxyl groups is 1. The van der Waals surface area contributed by atoms with Crippen molar-refractivity contribution in [2.24, 2.45) is 11.8 Å². The maximum Gasteiger partial charge on any atom is 0.305 e. The number of esters is 1. The molecular formula is C32H54O7. The lowest BCUT2D eigenvalue weighted by atomic mass is 9.87. The predicted octanol–water partition coefficient (Wildman–Crippen LogP) is 6.62. The fourth-order valence-corrected chi connectivity index (χ4v) is 6.03. The van der Waals surface area contributed by atoms with Crippen LogP contribution in [-0.2, 0) is 28.5 Å². The first-order valence-electron chi connectivity index (χ1n) is 15.6. The largest absolute Gasteiger partial charge is 0.469 e. The Morgan fingerprint density at radius 1 is 1.00 bits per heavy atom. The van der Waals surface area contributed by atoms with E-state index in [0.717, 1.165) is 96.7 Å². The van der Waals surface area contributed by atoms with Crippen molar-refractivity contribution in [3.05, 3.63) is 23.8 Å². The Balaban J connectivity index is 1.64. The Morgan fingerprint density at radius 2 is 1.72 bits per heavy atom. The Bertz CT molecular complexity index is 735. The number of carbonyl (C=O) groups is 1. The number of carbonyl (C=O) groups excluding carboxylic acids is 1. The van der Waals surface area contributed by atoms with E-state index in [1.165, 1.54) is 12.7 Å². The Morgan fingerprint density at radius 3 is 2.38 bits per heavy atom. The summed E-state index contributed by atoms with van der Waals surface area (Å²) in [7, 11) is 1.44. The van der Waals surface area contributed by atoms with E-state index in [1.54, 1.807) is 0 Å². The maximum atomic E-state index is 11.4. The normalized spacial score (nSPS) is 30.4. The average Bonchev–Trinajstić information content (AvgIpc) is 3.23. The first kappa shape index (κ1) is 32.3. The van der Waals surface area contributed by atoms with Gasteiger partial charge in [0, 0.05) is 32.0 Å². The average molecular weight is 551 g/mol. The van der Waals surface area contributed by atoms with Gasteiger partial charge in [-0.3, -0.25) is 4.79 Å². The van der Waals surface area contributed by atoms with Gasteiger partial charge in [0.15, 0.2) is 12.6 Å². The van der Waals surface area contributed by atoms with Crippen LogP contribution in [0.4, 0.5) is 0 Å². The molecule has 0 aromatic heterocycles. The summed E-state index contributed by atoms with van der Waals surface area (Å²) in [5.41, 5.74) is 1.32. The van der Waals surface area contributed by atoms with Gasteiger partial charge in [0.25, 0.3) is 0 Å². The molecule has 7 atom stereocenters. The third-order valence-corrected chi connectivity index (χ3v) is 8.27. The molecule has 2 heterocycles. The lowest BCUT2D eigenvalue weighted by Gasteiger charge is -2.30. The Hall–Kier alpha value is -1.25. The summed E-state index contributed by atoms with van der Waals surface area (Å²) in [5.74, 6) is 0.110. The highest BCUT2D eigenvalue weighted by atomic mass is 16.7. The van der Waals surface area contributed by atoms with Crippen LogP contribution >= 0.6 is 0 Å². The lowest BCUT2D eigenvalue weighted by molar-refractivity contribution is -0.193. The molecular weight excluding hydrogens is 496 g/mol. The Labute approximate surface area is 236 Å². The fourth-order valence-electron chi connectivity index (χ4n) is 6.03. The maximum absolute atomic E-state index is 11.4. The fraction of sp³-hybridized carbons (Fsp3) is 0.844. The van der Waals surface area contributed by atoms with E-state index in [4.69, 9.17) is 23.7 Å². The second kappa shape index (κ2) is 18.2. The van der Waals surface area contributed by atoms with Crippen LogP contribution in [0, 0.1) is 11.8 Å². The van der Waals surface area contributed by atoms with Crippen molar-refractivity contribution < 1.29 is 33.6 Å². The molecule has 0 radical (unpaired) electrons. The first-order valence-corrected chi connectivity index (χ1v) is 15.6. The van der Waals surface area contributed by atoms with Crippen LogP contribution in [0.5, 0.6) is 0 Å². The van der Waals surface area contributed by atoms with Gasteiger partial charge in [0.05, 0.1) is 25.4 Å². The molecule has 2 saturated heterocycles. The lowest BCUT2D eigenvalue weighted by Crippen LogP contribution is -2.31. The smallest absolute Gasteiger partial charge is 0.305 e. The third-order valence-electron chi connectivity index (χ3n) is 8.27. The quantitative estimate of drug-likeness (QED) is 0.131. The summed E-state index contributed by atoms with van der Waals surface area (Å²) in [5, 5.41) is 11.1. The van der Waals surface area contributed by atoms with Gasteiger partial charge in [-0.1, -0.05) is 43.1 Å². The van der Waals surface area contributed by atoms with E-state index in [2.05, 4.69) is 32.1 Å². The van der Waals surface area contributed by atoms with E-state index in [1.807, 2.05) is 0 Å². The molecule has 7 nitrogen and oxygen atoms in total. The number of hydrogen-bond donors (Lipinski definition) is 1. The predicted molar refractivity (Wildman–Crippen MR) is 152 cm³/mol. The second-order valence-electron chi connectivity index (χ2n) is 11.8. The molecule has 2 aliphatic heterocycles. The molecule has 3 aliphatic rings. The zero-order chi connectivity index (χ0) is 27.9. The SMILES string of the molecule is COC(=O)CCCCCC[C@@H]1[C@@H](C=C[C@H](CCC=C(C)C)OC2CCCCO2)[C@H](OC2CCCCO2)C[C@@H]1O. The second-order valence-corrected chi connectivity index (χ2v) is 11.8. The van der Waals surface area contributed by atoms with Gasteiger partial charge in [-0.2, -0.15) is 0 Å². The molecule has 1 N–H and O–H groups in total. The number of methoxy groups -OCH3 is 1. The summed E-state index contributed by atoms with van der Waals surface area (Å²) in [6, 6.07) is 0. The molecule has 0 spiro atoms. The Kier molecular flexibility index (Phi) is 15.1. The highest BCUT2D eigenvalue weighted by Crippen LogP contribution is 2.40. The molecule has 0 aromatic rings. The van der Waals surface area contributed by atoms with Crippen LogP contribution in [0.2, 0.25) is 0 Å². The molecule has 0 bridgehead atoms. The topological polar surface area (TPSA) is 83.5 Å². The van der Waals surface area contributed by atoms with Crippen molar-refractivity contribution in [1.82, 2.24) is 0 Å². The number of ether oxygens (including phenoxy) is 5. The van der Waals surface area contributed by atoms with Gasteiger partial charge < -0.3 is 28.8 Å². The van der Waals surface area contributed by atoms with Gasteiger partial charge in [-0.15, -0.1) is 0 Å². The van der Waals surface area contributed by atoms with Gasteiger partial charge in [-0.25, -0.2) is 0 Å². The molecule has 7 heteroatoms. The summed E-state index contributed by atoms with van der Waals surface area (Å²) >= 11 is 0. The number of aliphatic hydroxyl groups excluding tert-OH is 1. The van der Waals surface area contributed by atoms with E-state index < -0.39 is 6.10 Å². The molecule has 1 aliphatic carbocycles. The van der Waals surface area contributed by atoms with Gasteiger partial charge >= 0.3 is 5.97 Å². The van der Waals surface area contributed by atoms with Crippen LogP contribution in [0.25, 0.3) is 0 Å². The summed E-state index contributed by atoms with van der Waals surface area (Å²) < 4.78 is 29.5. The van der Waals surface area contributed by atoms with Crippen molar-refractivity contribution in [2.45, 2.75) is 141 Å². The van der Waals surface area contributed by atoms with E-state index in [9.17, 15) is 9.90 Å². The minimum absolute atomic E-state index is 0.0352. The third kappa shape index (κ3) is 12.0. The van der Waals surface area contributed by atoms with Gasteiger partial charge in [0.1, 0.15) is 0 Å². The molecule has 0 amide bonds. The van der Waals surface area contributed by atoms with E-state index in [0.29, 0.717) is 12.8 Å². The van der Waals surface area contributed by atoms with Gasteiger partial charge in [0.2, 0.25) is 0 Å². The monoisotopic (exact) mass is 550 g/mol. The standard InChI is InChI=1S/C32H54O7/c1-24(2)13-12-14-25(38-31-17-8-10-21-36-31)19-20-27-26(15-6-4-5-7-16-30(34)35-3)28(33)23-29(27)39-32-18-9-11-22-37-32/h13,19-20,25-29,31-33H,4-12,14-18,21-23H2,1-3H3/t25-,26+,27+,28-,29+,31?,32?/m0/s1. The summed E-state index contributed by atoms with van der Waals surface area (Å²) in [6.07, 6.45) is 20.1. The molecule has 1 saturated carbocycles. The van der Waals surface area contributed by atoms with Crippen molar-refractivity contribution in [3.63, 3.8) is 0 Å². The minimum atomic E-state index is -0.393. The van der Waals surface area contributed by atoms with E-state index in [-0.39, 0.29) is 42.6 Å².